The third kappa shape index (κ3) is 4.10. The van der Waals surface area contributed by atoms with Crippen LogP contribution in [0, 0.1) is 0 Å². The van der Waals surface area contributed by atoms with Gasteiger partial charge in [0.15, 0.2) is 0 Å². The molecule has 0 heterocycles. The molecule has 0 atom stereocenters. The van der Waals surface area contributed by atoms with Crippen LogP contribution in [0.2, 0.25) is 5.02 Å². The summed E-state index contributed by atoms with van der Waals surface area (Å²) in [5.41, 5.74) is 5.53. The molecule has 0 saturated heterocycles. The zero-order chi connectivity index (χ0) is 14.4. The average molecular weight is 293 g/mol. The molecule has 1 saturated carbocycles. The van der Waals surface area contributed by atoms with E-state index in [1.165, 1.54) is 7.11 Å². The summed E-state index contributed by atoms with van der Waals surface area (Å²) in [4.78, 5) is 11.1. The maximum absolute atomic E-state index is 11.1. The number of allylic oxidation sites excluding steroid dienone is 1. The summed E-state index contributed by atoms with van der Waals surface area (Å²) in [6, 6.07) is 7.66. The topological polar surface area (TPSA) is 50.7 Å². The molecule has 0 radical (unpaired) electrons. The molecule has 1 aromatic carbocycles. The highest BCUT2D eigenvalue weighted by molar-refractivity contribution is 6.30. The molecule has 5 heteroatoms. The Hall–Kier alpha value is -1.81. The van der Waals surface area contributed by atoms with Gasteiger partial charge < -0.3 is 4.74 Å². The normalized spacial score (nSPS) is 19.1. The van der Waals surface area contributed by atoms with E-state index >= 15 is 0 Å². The van der Waals surface area contributed by atoms with Crippen molar-refractivity contribution >= 4 is 29.5 Å². The largest absolute Gasteiger partial charge is 0.452 e. The van der Waals surface area contributed by atoms with E-state index in [4.69, 9.17) is 11.6 Å². The summed E-state index contributed by atoms with van der Waals surface area (Å²) >= 11 is 5.88. The summed E-state index contributed by atoms with van der Waals surface area (Å²) in [7, 11) is 1.32. The molecule has 1 aromatic rings. The van der Waals surface area contributed by atoms with Gasteiger partial charge in [-0.15, -0.1) is 0 Å². The second kappa shape index (κ2) is 7.10. The zero-order valence-electron chi connectivity index (χ0n) is 11.4. The van der Waals surface area contributed by atoms with Crippen LogP contribution < -0.4 is 5.43 Å². The fourth-order valence-corrected chi connectivity index (χ4v) is 2.24. The van der Waals surface area contributed by atoms with Gasteiger partial charge in [0.25, 0.3) is 0 Å². The molecule has 0 unspecified atom stereocenters. The molecule has 106 valence electrons. The van der Waals surface area contributed by atoms with E-state index in [9.17, 15) is 4.79 Å². The Morgan fingerprint density at radius 2 is 2.00 bits per heavy atom. The van der Waals surface area contributed by atoms with E-state index in [1.54, 1.807) is 0 Å². The molecular formula is C15H17ClN2O2. The number of benzene rings is 1. The second-order valence-corrected chi connectivity index (χ2v) is 5.03. The third-order valence-corrected chi connectivity index (χ3v) is 3.41. The maximum atomic E-state index is 11.1. The molecule has 0 aliphatic heterocycles. The second-order valence-electron chi connectivity index (χ2n) is 4.59. The third-order valence-electron chi connectivity index (χ3n) is 3.16. The smallest absolute Gasteiger partial charge is 0.427 e. The van der Waals surface area contributed by atoms with Crippen LogP contribution in [0.15, 0.2) is 34.9 Å². The van der Waals surface area contributed by atoms with Crippen LogP contribution in [-0.2, 0) is 4.74 Å². The molecule has 20 heavy (non-hydrogen) atoms. The van der Waals surface area contributed by atoms with Crippen LogP contribution in [0.3, 0.4) is 0 Å². The summed E-state index contributed by atoms with van der Waals surface area (Å²) in [5.74, 6) is 0. The molecule has 4 nitrogen and oxygen atoms in total. The van der Waals surface area contributed by atoms with Crippen LogP contribution in [0.4, 0.5) is 4.79 Å². The number of hydrogen-bond acceptors (Lipinski definition) is 3. The minimum absolute atomic E-state index is 0.547. The molecule has 1 fully saturated rings. The molecule has 1 amide bonds. The number of nitrogens with one attached hydrogen (secondary N) is 1. The maximum Gasteiger partial charge on any atom is 0.427 e. The van der Waals surface area contributed by atoms with Crippen LogP contribution in [0.5, 0.6) is 0 Å². The van der Waals surface area contributed by atoms with Gasteiger partial charge in [-0.05, 0) is 55.0 Å². The van der Waals surface area contributed by atoms with Gasteiger partial charge in [-0.3, -0.25) is 0 Å². The Labute approximate surface area is 123 Å². The van der Waals surface area contributed by atoms with Crippen molar-refractivity contribution in [1.82, 2.24) is 5.43 Å². The van der Waals surface area contributed by atoms with Crippen molar-refractivity contribution < 1.29 is 9.53 Å². The first-order valence-electron chi connectivity index (χ1n) is 6.56. The van der Waals surface area contributed by atoms with Crippen molar-refractivity contribution in [2.24, 2.45) is 5.10 Å². The Kier molecular flexibility index (Phi) is 5.18. The highest BCUT2D eigenvalue weighted by Gasteiger charge is 2.14. The standard InChI is InChI=1S/C15H17ClN2O2/c1-20-15(19)18-17-14-5-3-2-4-12(14)10-11-6-8-13(16)9-7-11/h6-10H,2-5H2,1H3,(H,18,19). The Bertz CT molecular complexity index is 535. The molecule has 1 N–H and O–H groups in total. The SMILES string of the molecule is COC(=O)NN=C1CCCCC1=Cc1ccc(Cl)cc1. The minimum Gasteiger partial charge on any atom is -0.452 e. The van der Waals surface area contributed by atoms with Gasteiger partial charge >= 0.3 is 6.09 Å². The van der Waals surface area contributed by atoms with Crippen LogP contribution in [0.25, 0.3) is 6.08 Å². The van der Waals surface area contributed by atoms with E-state index in [0.717, 1.165) is 47.6 Å². The lowest BCUT2D eigenvalue weighted by molar-refractivity contribution is 0.171. The zero-order valence-corrected chi connectivity index (χ0v) is 12.1. The predicted octanol–water partition coefficient (Wildman–Crippen LogP) is 4.01. The summed E-state index contributed by atoms with van der Waals surface area (Å²) < 4.78 is 4.52. The van der Waals surface area contributed by atoms with E-state index in [0.29, 0.717) is 0 Å². The summed E-state index contributed by atoms with van der Waals surface area (Å²) in [5, 5.41) is 4.87. The van der Waals surface area contributed by atoms with Crippen molar-refractivity contribution in [3.05, 3.63) is 40.4 Å². The van der Waals surface area contributed by atoms with Crippen LogP contribution in [-0.4, -0.2) is 18.9 Å². The quantitative estimate of drug-likeness (QED) is 0.837. The lowest BCUT2D eigenvalue weighted by atomic mass is 9.91. The first-order valence-corrected chi connectivity index (χ1v) is 6.94. The van der Waals surface area contributed by atoms with Crippen LogP contribution >= 0.6 is 11.6 Å². The van der Waals surface area contributed by atoms with Crippen molar-refractivity contribution in [1.29, 1.82) is 0 Å². The number of hydrogen-bond donors (Lipinski definition) is 1. The predicted molar refractivity (Wildman–Crippen MR) is 80.9 cm³/mol. The van der Waals surface area contributed by atoms with Crippen molar-refractivity contribution in [3.8, 4) is 0 Å². The molecule has 1 aliphatic carbocycles. The first kappa shape index (κ1) is 14.6. The highest BCUT2D eigenvalue weighted by atomic mass is 35.5. The number of methoxy groups -OCH3 is 1. The van der Waals surface area contributed by atoms with Crippen molar-refractivity contribution in [2.45, 2.75) is 25.7 Å². The van der Waals surface area contributed by atoms with Crippen molar-refractivity contribution in [3.63, 3.8) is 0 Å². The minimum atomic E-state index is -0.547. The molecule has 0 spiro atoms. The Morgan fingerprint density at radius 1 is 1.30 bits per heavy atom. The number of rotatable bonds is 2. The molecule has 0 bridgehead atoms. The van der Waals surface area contributed by atoms with E-state index in [2.05, 4.69) is 21.3 Å². The number of amides is 1. The Balaban J connectivity index is 2.17. The van der Waals surface area contributed by atoms with Gasteiger partial charge in [0.1, 0.15) is 0 Å². The monoisotopic (exact) mass is 292 g/mol. The first-order chi connectivity index (χ1) is 9.69. The number of carbonyl (C=O) groups excluding carboxylic acids is 1. The lowest BCUT2D eigenvalue weighted by Crippen LogP contribution is -2.21. The lowest BCUT2D eigenvalue weighted by Gasteiger charge is -2.16. The van der Waals surface area contributed by atoms with Gasteiger partial charge in [0.05, 0.1) is 12.8 Å². The number of ether oxygens (including phenoxy) is 1. The van der Waals surface area contributed by atoms with E-state index in [1.807, 2.05) is 24.3 Å². The van der Waals surface area contributed by atoms with Crippen molar-refractivity contribution in [2.75, 3.05) is 7.11 Å². The van der Waals surface area contributed by atoms with E-state index < -0.39 is 6.09 Å². The Morgan fingerprint density at radius 3 is 2.70 bits per heavy atom. The van der Waals surface area contributed by atoms with Gasteiger partial charge in [-0.1, -0.05) is 23.7 Å². The molecular weight excluding hydrogens is 276 g/mol. The van der Waals surface area contributed by atoms with E-state index in [-0.39, 0.29) is 0 Å². The number of halogens is 1. The van der Waals surface area contributed by atoms with Gasteiger partial charge in [0.2, 0.25) is 0 Å². The molecule has 0 aromatic heterocycles. The van der Waals surface area contributed by atoms with Crippen LogP contribution in [0.1, 0.15) is 31.2 Å². The molecule has 1 aliphatic rings. The fourth-order valence-electron chi connectivity index (χ4n) is 2.11. The summed E-state index contributed by atoms with van der Waals surface area (Å²) in [6.45, 7) is 0. The van der Waals surface area contributed by atoms with Gasteiger partial charge in [0, 0.05) is 5.02 Å². The highest BCUT2D eigenvalue weighted by Crippen LogP contribution is 2.23. The number of carbonyl (C=O) groups is 1. The fraction of sp³-hybridized carbons (Fsp3) is 0.333. The summed E-state index contributed by atoms with van der Waals surface area (Å²) in [6.07, 6.45) is 5.59. The van der Waals surface area contributed by atoms with Gasteiger partial charge in [-0.2, -0.15) is 5.10 Å². The molecule has 2 rings (SSSR count). The number of nitrogens with zero attached hydrogens (tertiary/aromatic N) is 1. The number of hydrazone groups is 1. The average Bonchev–Trinajstić information content (AvgIpc) is 2.48. The van der Waals surface area contributed by atoms with Gasteiger partial charge in [-0.25, -0.2) is 10.2 Å².